The molecule has 2 nitrogen and oxygen atoms in total. The van der Waals surface area contributed by atoms with Gasteiger partial charge in [0.2, 0.25) is 0 Å². The van der Waals surface area contributed by atoms with Crippen LogP contribution in [0.3, 0.4) is 0 Å². The van der Waals surface area contributed by atoms with Crippen molar-refractivity contribution in [2.24, 2.45) is 5.92 Å². The maximum Gasteiger partial charge on any atom is 0.0463 e. The highest BCUT2D eigenvalue weighted by Crippen LogP contribution is 2.35. The lowest BCUT2D eigenvalue weighted by atomic mass is 10.0. The van der Waals surface area contributed by atoms with Crippen molar-refractivity contribution in [3.63, 3.8) is 0 Å². The first kappa shape index (κ1) is 19.1. The monoisotopic (exact) mass is 380 g/mol. The van der Waals surface area contributed by atoms with Crippen molar-refractivity contribution >= 4 is 22.7 Å². The molecule has 0 aliphatic heterocycles. The molecule has 0 spiro atoms. The molecule has 146 valence electrons. The van der Waals surface area contributed by atoms with E-state index in [-0.39, 0.29) is 0 Å². The molecule has 29 heavy (non-hydrogen) atoms. The lowest BCUT2D eigenvalue weighted by Gasteiger charge is -2.27. The Morgan fingerprint density at radius 2 is 1.28 bits per heavy atom. The number of hydrogen-bond donors (Lipinski definition) is 0. The molecule has 0 aromatic heterocycles. The molecule has 0 heterocycles. The number of para-hydroxylation sites is 1. The van der Waals surface area contributed by atoms with Gasteiger partial charge in [0.1, 0.15) is 0 Å². The first-order valence-corrected chi connectivity index (χ1v) is 10.3. The number of aryl methyl sites for hydroxylation is 1. The predicted molar refractivity (Wildman–Crippen MR) is 125 cm³/mol. The highest BCUT2D eigenvalue weighted by Gasteiger charge is 2.14. The second-order valence-corrected chi connectivity index (χ2v) is 7.79. The maximum atomic E-state index is 2.34. The van der Waals surface area contributed by atoms with Gasteiger partial charge in [0.25, 0.3) is 0 Å². The summed E-state index contributed by atoms with van der Waals surface area (Å²) < 4.78 is 0. The van der Waals surface area contributed by atoms with Gasteiger partial charge in [0, 0.05) is 35.5 Å². The summed E-state index contributed by atoms with van der Waals surface area (Å²) in [6.45, 7) is 4.39. The molecule has 2 heteroatoms. The van der Waals surface area contributed by atoms with Crippen molar-refractivity contribution in [1.82, 2.24) is 0 Å². The van der Waals surface area contributed by atoms with Gasteiger partial charge in [0.05, 0.1) is 0 Å². The summed E-state index contributed by atoms with van der Waals surface area (Å²) in [6.07, 6.45) is 7.95. The van der Waals surface area contributed by atoms with Crippen LogP contribution in [0.15, 0.2) is 103 Å². The van der Waals surface area contributed by atoms with Crippen LogP contribution in [0.2, 0.25) is 0 Å². The van der Waals surface area contributed by atoms with Gasteiger partial charge in [-0.2, -0.15) is 0 Å². The molecule has 0 saturated carbocycles. The van der Waals surface area contributed by atoms with Crippen molar-refractivity contribution in [2.75, 3.05) is 16.8 Å². The van der Waals surface area contributed by atoms with Crippen LogP contribution in [-0.2, 0) is 0 Å². The zero-order valence-corrected chi connectivity index (χ0v) is 17.4. The van der Waals surface area contributed by atoms with Gasteiger partial charge in [-0.05, 0) is 73.9 Å². The normalized spacial score (nSPS) is 15.7. The summed E-state index contributed by atoms with van der Waals surface area (Å²) in [5.41, 5.74) is 7.19. The first-order chi connectivity index (χ1) is 14.1. The van der Waals surface area contributed by atoms with E-state index in [1.165, 1.54) is 16.9 Å². The lowest BCUT2D eigenvalue weighted by Crippen LogP contribution is -2.17. The summed E-state index contributed by atoms with van der Waals surface area (Å²) >= 11 is 0. The molecule has 0 radical (unpaired) electrons. The van der Waals surface area contributed by atoms with Gasteiger partial charge in [-0.15, -0.1) is 0 Å². The van der Waals surface area contributed by atoms with E-state index in [2.05, 4.69) is 128 Å². The standard InChI is InChI=1S/C27H28N2/c1-21-12-14-25(15-13-21)29(24-9-5-4-6-10-24)26-18-16-23(17-19-26)28(3)27-11-7-8-22(2)20-27/h4-7,9-20,22H,8H2,1-3H3/t22-/m1/s1. The van der Waals surface area contributed by atoms with Crippen LogP contribution >= 0.6 is 0 Å². The van der Waals surface area contributed by atoms with Crippen molar-refractivity contribution < 1.29 is 0 Å². The van der Waals surface area contributed by atoms with Gasteiger partial charge in [-0.25, -0.2) is 0 Å². The predicted octanol–water partition coefficient (Wildman–Crippen LogP) is 7.38. The van der Waals surface area contributed by atoms with E-state index in [4.69, 9.17) is 0 Å². The number of rotatable bonds is 5. The Morgan fingerprint density at radius 1 is 0.724 bits per heavy atom. The summed E-state index contributed by atoms with van der Waals surface area (Å²) in [5, 5.41) is 0. The minimum atomic E-state index is 0.590. The Labute approximate surface area is 174 Å². The molecule has 3 aromatic carbocycles. The minimum absolute atomic E-state index is 0.590. The molecule has 0 fully saturated rings. The number of hydrogen-bond acceptors (Lipinski definition) is 2. The van der Waals surface area contributed by atoms with Crippen molar-refractivity contribution in [3.8, 4) is 0 Å². The molecule has 4 rings (SSSR count). The molecule has 0 N–H and O–H groups in total. The van der Waals surface area contributed by atoms with Crippen LogP contribution in [0, 0.1) is 12.8 Å². The van der Waals surface area contributed by atoms with Gasteiger partial charge >= 0.3 is 0 Å². The van der Waals surface area contributed by atoms with Gasteiger partial charge < -0.3 is 9.80 Å². The van der Waals surface area contributed by atoms with Crippen LogP contribution in [-0.4, -0.2) is 7.05 Å². The van der Waals surface area contributed by atoms with E-state index < -0.39 is 0 Å². The Hall–Kier alpha value is -3.26. The van der Waals surface area contributed by atoms with Gasteiger partial charge in [-0.1, -0.05) is 55.0 Å². The van der Waals surface area contributed by atoms with E-state index >= 15 is 0 Å². The Morgan fingerprint density at radius 3 is 1.90 bits per heavy atom. The fourth-order valence-corrected chi connectivity index (χ4v) is 3.73. The molecule has 1 atom stereocenters. The van der Waals surface area contributed by atoms with E-state index in [9.17, 15) is 0 Å². The second-order valence-electron chi connectivity index (χ2n) is 7.79. The molecule has 3 aromatic rings. The smallest absolute Gasteiger partial charge is 0.0463 e. The van der Waals surface area contributed by atoms with Gasteiger partial charge in [0.15, 0.2) is 0 Å². The quantitative estimate of drug-likeness (QED) is 0.455. The van der Waals surface area contributed by atoms with E-state index in [1.807, 2.05) is 0 Å². The van der Waals surface area contributed by atoms with Crippen LogP contribution in [0.4, 0.5) is 22.7 Å². The summed E-state index contributed by atoms with van der Waals surface area (Å²) in [6, 6.07) is 28.0. The van der Waals surface area contributed by atoms with Gasteiger partial charge in [-0.3, -0.25) is 0 Å². The van der Waals surface area contributed by atoms with Crippen LogP contribution in [0.1, 0.15) is 18.9 Å². The van der Waals surface area contributed by atoms with Crippen LogP contribution in [0.25, 0.3) is 0 Å². The number of benzene rings is 3. The third-order valence-electron chi connectivity index (χ3n) is 5.44. The Bertz CT molecular complexity index is 999. The average Bonchev–Trinajstić information content (AvgIpc) is 2.76. The topological polar surface area (TPSA) is 6.48 Å². The minimum Gasteiger partial charge on any atom is -0.345 e. The maximum absolute atomic E-state index is 2.34. The second kappa shape index (κ2) is 8.40. The summed E-state index contributed by atoms with van der Waals surface area (Å²) in [7, 11) is 2.14. The number of nitrogens with zero attached hydrogens (tertiary/aromatic N) is 2. The fourth-order valence-electron chi connectivity index (χ4n) is 3.73. The first-order valence-electron chi connectivity index (χ1n) is 10.3. The largest absolute Gasteiger partial charge is 0.345 e. The molecule has 0 saturated heterocycles. The Balaban J connectivity index is 1.67. The Kier molecular flexibility index (Phi) is 5.53. The van der Waals surface area contributed by atoms with E-state index in [0.717, 1.165) is 23.5 Å². The highest BCUT2D eigenvalue weighted by molar-refractivity contribution is 5.77. The SMILES string of the molecule is Cc1ccc(N(c2ccccc2)c2ccc(N(C)C3=C[C@H](C)CC=C3)cc2)cc1. The lowest BCUT2D eigenvalue weighted by molar-refractivity contribution is 0.724. The molecular weight excluding hydrogens is 352 g/mol. The fraction of sp³-hybridized carbons (Fsp3) is 0.185. The molecule has 0 unspecified atom stereocenters. The summed E-state index contributed by atoms with van der Waals surface area (Å²) in [4.78, 5) is 4.56. The molecule has 0 bridgehead atoms. The highest BCUT2D eigenvalue weighted by atomic mass is 15.1. The molecular formula is C27H28N2. The average molecular weight is 381 g/mol. The van der Waals surface area contributed by atoms with Crippen LogP contribution < -0.4 is 9.80 Å². The van der Waals surface area contributed by atoms with E-state index in [1.54, 1.807) is 0 Å². The number of allylic oxidation sites excluding steroid dienone is 3. The number of likely N-dealkylation sites (N-methyl/N-ethyl adjacent to an activating group) is 1. The molecule has 1 aliphatic carbocycles. The summed E-state index contributed by atoms with van der Waals surface area (Å²) in [5.74, 6) is 0.590. The number of anilines is 4. The zero-order valence-electron chi connectivity index (χ0n) is 17.4. The van der Waals surface area contributed by atoms with Crippen molar-refractivity contribution in [2.45, 2.75) is 20.3 Å². The van der Waals surface area contributed by atoms with E-state index in [0.29, 0.717) is 5.92 Å². The third kappa shape index (κ3) is 4.27. The third-order valence-corrected chi connectivity index (χ3v) is 5.44. The van der Waals surface area contributed by atoms with Crippen LogP contribution in [0.5, 0.6) is 0 Å². The van der Waals surface area contributed by atoms with Crippen molar-refractivity contribution in [3.05, 3.63) is 108 Å². The molecule has 1 aliphatic rings. The van der Waals surface area contributed by atoms with Crippen molar-refractivity contribution in [1.29, 1.82) is 0 Å². The molecule has 0 amide bonds. The zero-order chi connectivity index (χ0) is 20.2.